The number of rotatable bonds is 12. The van der Waals surface area contributed by atoms with E-state index >= 15 is 0 Å². The topological polar surface area (TPSA) is 114 Å². The second-order valence-electron chi connectivity index (χ2n) is 9.87. The van der Waals surface area contributed by atoms with Gasteiger partial charge in [0.1, 0.15) is 0 Å². The molecule has 0 atom stereocenters. The number of nitrogens with zero attached hydrogens (tertiary/aromatic N) is 2. The third kappa shape index (κ3) is 8.83. The largest absolute Gasteiger partial charge is 0.490 e. The first-order valence-electron chi connectivity index (χ1n) is 14.2. The minimum atomic E-state index is -0.354. The summed E-state index contributed by atoms with van der Waals surface area (Å²) < 4.78 is 12.3. The molecular formula is C34H29ClIN5O4S. The summed E-state index contributed by atoms with van der Waals surface area (Å²) in [6, 6.07) is 25.9. The number of carbonyl (C=O) groups excluding carboxylic acids is 2. The van der Waals surface area contributed by atoms with Crippen molar-refractivity contribution in [1.82, 2.24) is 10.4 Å². The van der Waals surface area contributed by atoms with Crippen molar-refractivity contribution in [1.29, 1.82) is 0 Å². The number of amides is 2. The van der Waals surface area contributed by atoms with Crippen LogP contribution in [0.1, 0.15) is 28.4 Å². The van der Waals surface area contributed by atoms with Gasteiger partial charge in [-0.15, -0.1) is 11.3 Å². The Hall–Kier alpha value is -4.46. The fourth-order valence-electron chi connectivity index (χ4n) is 4.20. The molecule has 12 heteroatoms. The van der Waals surface area contributed by atoms with Crippen LogP contribution in [0.5, 0.6) is 11.5 Å². The van der Waals surface area contributed by atoms with E-state index in [-0.39, 0.29) is 18.4 Å². The van der Waals surface area contributed by atoms with Gasteiger partial charge in [-0.05, 0) is 96.1 Å². The van der Waals surface area contributed by atoms with Crippen molar-refractivity contribution in [2.75, 3.05) is 23.8 Å². The maximum absolute atomic E-state index is 12.8. The van der Waals surface area contributed by atoms with Gasteiger partial charge in [0.05, 0.1) is 22.1 Å². The van der Waals surface area contributed by atoms with Gasteiger partial charge >= 0.3 is 0 Å². The lowest BCUT2D eigenvalue weighted by Gasteiger charge is -2.15. The summed E-state index contributed by atoms with van der Waals surface area (Å²) in [4.78, 5) is 29.9. The van der Waals surface area contributed by atoms with Crippen LogP contribution in [0.4, 0.5) is 16.5 Å². The number of aromatic nitrogens is 1. The van der Waals surface area contributed by atoms with Crippen molar-refractivity contribution < 1.29 is 19.1 Å². The predicted molar refractivity (Wildman–Crippen MR) is 193 cm³/mol. The van der Waals surface area contributed by atoms with Gasteiger partial charge in [-0.2, -0.15) is 5.10 Å². The smallest absolute Gasteiger partial charge is 0.271 e. The van der Waals surface area contributed by atoms with Gasteiger partial charge in [0.25, 0.3) is 11.8 Å². The standard InChI is InChI=1S/C34H29ClIN5O4S/c1-3-44-30-16-22(15-28(36)32(30)45-19-31(42)38-26-14-9-21(2)27(35)17-26)18-37-41-33(43)24-12-10-23(11-13-24)29-20-46-34(40-29)39-25-7-5-4-6-8-25/h4-18,20H,3,19H2,1-2H3,(H,38,42)(H,39,40)(H,41,43)/b37-18+. The minimum Gasteiger partial charge on any atom is -0.490 e. The maximum Gasteiger partial charge on any atom is 0.271 e. The lowest BCUT2D eigenvalue weighted by Crippen LogP contribution is -2.20. The highest BCUT2D eigenvalue weighted by Gasteiger charge is 2.15. The zero-order chi connectivity index (χ0) is 32.5. The van der Waals surface area contributed by atoms with Gasteiger partial charge in [-0.1, -0.05) is 48.0 Å². The van der Waals surface area contributed by atoms with Crippen LogP contribution in [0.15, 0.2) is 95.4 Å². The molecular weight excluding hydrogens is 737 g/mol. The quantitative estimate of drug-likeness (QED) is 0.0670. The number of carbonyl (C=O) groups is 2. The fraction of sp³-hybridized carbons (Fsp3) is 0.118. The molecule has 4 aromatic carbocycles. The Morgan fingerprint density at radius 1 is 1.00 bits per heavy atom. The van der Waals surface area contributed by atoms with Crippen LogP contribution in [0.25, 0.3) is 11.3 Å². The highest BCUT2D eigenvalue weighted by Crippen LogP contribution is 2.34. The van der Waals surface area contributed by atoms with Crippen molar-refractivity contribution in [2.24, 2.45) is 5.10 Å². The number of ether oxygens (including phenoxy) is 2. The summed E-state index contributed by atoms with van der Waals surface area (Å²) in [6.45, 7) is 3.91. The number of thiazole rings is 1. The van der Waals surface area contributed by atoms with E-state index in [0.717, 1.165) is 27.6 Å². The molecule has 5 rings (SSSR count). The zero-order valence-electron chi connectivity index (χ0n) is 24.8. The van der Waals surface area contributed by atoms with Gasteiger partial charge in [0.15, 0.2) is 23.2 Å². The van der Waals surface area contributed by atoms with E-state index in [2.05, 4.69) is 48.7 Å². The average Bonchev–Trinajstić information content (AvgIpc) is 3.51. The molecule has 2 amide bonds. The molecule has 234 valence electrons. The van der Waals surface area contributed by atoms with Gasteiger partial charge in [-0.25, -0.2) is 10.4 Å². The van der Waals surface area contributed by atoms with E-state index in [4.69, 9.17) is 21.1 Å². The Morgan fingerprint density at radius 3 is 2.52 bits per heavy atom. The normalized spacial score (nSPS) is 10.9. The maximum atomic E-state index is 12.8. The highest BCUT2D eigenvalue weighted by molar-refractivity contribution is 14.1. The molecule has 46 heavy (non-hydrogen) atoms. The number of hydrazone groups is 1. The monoisotopic (exact) mass is 765 g/mol. The molecule has 0 unspecified atom stereocenters. The van der Waals surface area contributed by atoms with Crippen LogP contribution in [0.2, 0.25) is 5.02 Å². The third-order valence-electron chi connectivity index (χ3n) is 6.49. The number of hydrogen-bond donors (Lipinski definition) is 3. The van der Waals surface area contributed by atoms with Crippen LogP contribution >= 0.6 is 45.5 Å². The average molecular weight is 766 g/mol. The Morgan fingerprint density at radius 2 is 1.78 bits per heavy atom. The fourth-order valence-corrected chi connectivity index (χ4v) is 5.90. The minimum absolute atomic E-state index is 0.224. The Labute approximate surface area is 289 Å². The molecule has 9 nitrogen and oxygen atoms in total. The van der Waals surface area contributed by atoms with Crippen LogP contribution in [-0.2, 0) is 4.79 Å². The molecule has 5 aromatic rings. The summed E-state index contributed by atoms with van der Waals surface area (Å²) >= 11 is 9.77. The van der Waals surface area contributed by atoms with E-state index in [1.54, 1.807) is 30.3 Å². The van der Waals surface area contributed by atoms with Gasteiger partial charge in [0.2, 0.25) is 0 Å². The van der Waals surface area contributed by atoms with E-state index in [1.165, 1.54) is 17.6 Å². The van der Waals surface area contributed by atoms with Gasteiger partial charge < -0.3 is 20.1 Å². The second kappa shape index (κ2) is 15.7. The van der Waals surface area contributed by atoms with Crippen molar-refractivity contribution in [3.8, 4) is 22.8 Å². The summed E-state index contributed by atoms with van der Waals surface area (Å²) in [5.74, 6) is 0.195. The van der Waals surface area contributed by atoms with Crippen molar-refractivity contribution in [2.45, 2.75) is 13.8 Å². The molecule has 0 saturated carbocycles. The Kier molecular flexibility index (Phi) is 11.2. The summed E-state index contributed by atoms with van der Waals surface area (Å²) in [5, 5.41) is 13.5. The lowest BCUT2D eigenvalue weighted by molar-refractivity contribution is -0.118. The highest BCUT2D eigenvalue weighted by atomic mass is 127. The van der Waals surface area contributed by atoms with Gasteiger partial charge in [-0.3, -0.25) is 9.59 Å². The first-order valence-corrected chi connectivity index (χ1v) is 16.5. The molecule has 0 aliphatic rings. The van der Waals surface area contributed by atoms with Crippen molar-refractivity contribution in [3.05, 3.63) is 116 Å². The van der Waals surface area contributed by atoms with Crippen LogP contribution in [0.3, 0.4) is 0 Å². The second-order valence-corrected chi connectivity index (χ2v) is 12.3. The number of para-hydroxylation sites is 1. The van der Waals surface area contributed by atoms with Gasteiger partial charge in [0, 0.05) is 32.9 Å². The van der Waals surface area contributed by atoms with E-state index in [1.807, 2.05) is 73.8 Å². The Bertz CT molecular complexity index is 1870. The molecule has 1 aromatic heterocycles. The summed E-state index contributed by atoms with van der Waals surface area (Å²) in [6.07, 6.45) is 1.52. The molecule has 0 spiro atoms. The first-order chi connectivity index (χ1) is 22.3. The van der Waals surface area contributed by atoms with E-state index in [0.29, 0.717) is 43.5 Å². The summed E-state index contributed by atoms with van der Waals surface area (Å²) in [7, 11) is 0. The number of hydrogen-bond acceptors (Lipinski definition) is 8. The van der Waals surface area contributed by atoms with Crippen LogP contribution < -0.4 is 25.5 Å². The number of halogens is 2. The molecule has 1 heterocycles. The SMILES string of the molecule is CCOc1cc(/C=N/NC(=O)c2ccc(-c3csc(Nc4ccccc4)n3)cc2)cc(I)c1OCC(=O)Nc1ccc(C)c(Cl)c1. The number of nitrogens with one attached hydrogen (secondary N) is 3. The third-order valence-corrected chi connectivity index (χ3v) is 8.45. The number of benzene rings is 4. The van der Waals surface area contributed by atoms with Crippen molar-refractivity contribution in [3.63, 3.8) is 0 Å². The molecule has 0 saturated heterocycles. The van der Waals surface area contributed by atoms with Crippen LogP contribution in [0, 0.1) is 10.5 Å². The van der Waals surface area contributed by atoms with E-state index < -0.39 is 0 Å². The van der Waals surface area contributed by atoms with E-state index in [9.17, 15) is 9.59 Å². The molecule has 0 aliphatic heterocycles. The predicted octanol–water partition coefficient (Wildman–Crippen LogP) is 8.30. The van der Waals surface area contributed by atoms with Crippen molar-refractivity contribution >= 4 is 80.1 Å². The summed E-state index contributed by atoms with van der Waals surface area (Å²) in [5.41, 5.74) is 7.88. The molecule has 0 fully saturated rings. The molecule has 0 aliphatic carbocycles. The first kappa shape index (κ1) is 32.9. The zero-order valence-corrected chi connectivity index (χ0v) is 28.6. The Balaban J connectivity index is 1.17. The molecule has 0 radical (unpaired) electrons. The molecule has 0 bridgehead atoms. The molecule has 3 N–H and O–H groups in total. The lowest BCUT2D eigenvalue weighted by atomic mass is 10.1. The number of anilines is 3. The van der Waals surface area contributed by atoms with Crippen LogP contribution in [-0.4, -0.2) is 36.2 Å². The number of aryl methyl sites for hydroxylation is 1.